The molecular weight excluding hydrogens is 269 g/mol. The fourth-order valence-corrected chi connectivity index (χ4v) is 1.82. The summed E-state index contributed by atoms with van der Waals surface area (Å²) in [4.78, 5) is 0. The van der Waals surface area contributed by atoms with E-state index >= 15 is 0 Å². The first-order valence-electron chi connectivity index (χ1n) is 5.84. The van der Waals surface area contributed by atoms with Gasteiger partial charge < -0.3 is 10.2 Å². The summed E-state index contributed by atoms with van der Waals surface area (Å²) in [5.41, 5.74) is 2.76. The Balaban J connectivity index is 2.36. The fraction of sp³-hybridized carbons (Fsp3) is 0.143. The molecule has 0 heterocycles. The van der Waals surface area contributed by atoms with Crippen LogP contribution in [0.3, 0.4) is 0 Å². The van der Waals surface area contributed by atoms with Gasteiger partial charge in [-0.1, -0.05) is 12.1 Å². The summed E-state index contributed by atoms with van der Waals surface area (Å²) in [5.74, 6) is 3.71. The molecule has 0 amide bonds. The number of aryl methyl sites for hydroxylation is 1. The van der Waals surface area contributed by atoms with Crippen LogP contribution < -0.4 is 16.0 Å². The van der Waals surface area contributed by atoms with Crippen molar-refractivity contribution in [2.75, 3.05) is 5.43 Å². The van der Waals surface area contributed by atoms with Crippen molar-refractivity contribution in [3.8, 4) is 11.5 Å². The molecule has 0 unspecified atom stereocenters. The van der Waals surface area contributed by atoms with Crippen molar-refractivity contribution in [1.29, 1.82) is 0 Å². The van der Waals surface area contributed by atoms with Crippen LogP contribution in [0.25, 0.3) is 0 Å². The highest BCUT2D eigenvalue weighted by atomic mass is 19.1. The Hall–Kier alpha value is -2.21. The maximum absolute atomic E-state index is 13.8. The molecule has 0 aliphatic carbocycles. The number of anilines is 1. The minimum absolute atomic E-state index is 0.105. The second-order valence-electron chi connectivity index (χ2n) is 4.21. The van der Waals surface area contributed by atoms with Crippen molar-refractivity contribution >= 4 is 5.69 Å². The third-order valence-corrected chi connectivity index (χ3v) is 2.82. The Kier molecular flexibility index (Phi) is 4.14. The first-order chi connectivity index (χ1) is 9.56. The van der Waals surface area contributed by atoms with E-state index in [1.165, 1.54) is 24.3 Å². The van der Waals surface area contributed by atoms with E-state index in [1.807, 2.05) is 0 Å². The first kappa shape index (κ1) is 14.2. The number of alkyl halides is 1. The lowest BCUT2D eigenvalue weighted by molar-refractivity contribution is 0.417. The number of benzene rings is 2. The Bertz CT molecular complexity index is 609. The highest BCUT2D eigenvalue weighted by Crippen LogP contribution is 2.30. The van der Waals surface area contributed by atoms with Crippen LogP contribution in [0, 0.1) is 18.6 Å². The quantitative estimate of drug-likeness (QED) is 0.662. The van der Waals surface area contributed by atoms with Crippen molar-refractivity contribution in [3.63, 3.8) is 0 Å². The lowest BCUT2D eigenvalue weighted by atomic mass is 10.2. The maximum Gasteiger partial charge on any atom is 0.171 e. The van der Waals surface area contributed by atoms with E-state index in [2.05, 4.69) is 5.43 Å². The SMILES string of the molecule is Cc1cc(Oc2cccc(CF)c2F)cc(F)c1NN. The summed E-state index contributed by atoms with van der Waals surface area (Å²) in [7, 11) is 0. The van der Waals surface area contributed by atoms with Gasteiger partial charge in [-0.25, -0.2) is 13.2 Å². The maximum atomic E-state index is 13.8. The second kappa shape index (κ2) is 5.83. The lowest BCUT2D eigenvalue weighted by Gasteiger charge is -2.12. The topological polar surface area (TPSA) is 47.3 Å². The summed E-state index contributed by atoms with van der Waals surface area (Å²) >= 11 is 0. The zero-order valence-electron chi connectivity index (χ0n) is 10.7. The van der Waals surface area contributed by atoms with Crippen LogP contribution >= 0.6 is 0 Å². The third-order valence-electron chi connectivity index (χ3n) is 2.82. The van der Waals surface area contributed by atoms with E-state index in [4.69, 9.17) is 10.6 Å². The van der Waals surface area contributed by atoms with Gasteiger partial charge in [0.05, 0.1) is 5.69 Å². The van der Waals surface area contributed by atoms with Gasteiger partial charge in [0.1, 0.15) is 12.4 Å². The highest BCUT2D eigenvalue weighted by Gasteiger charge is 2.12. The van der Waals surface area contributed by atoms with Crippen LogP contribution in [0.1, 0.15) is 11.1 Å². The number of nitrogens with one attached hydrogen (secondary N) is 1. The van der Waals surface area contributed by atoms with E-state index < -0.39 is 18.3 Å². The van der Waals surface area contributed by atoms with Crippen molar-refractivity contribution in [2.24, 2.45) is 5.84 Å². The van der Waals surface area contributed by atoms with Crippen LogP contribution in [-0.2, 0) is 6.67 Å². The van der Waals surface area contributed by atoms with Gasteiger partial charge in [0.2, 0.25) is 0 Å². The van der Waals surface area contributed by atoms with Gasteiger partial charge >= 0.3 is 0 Å². The molecule has 6 heteroatoms. The molecule has 0 aromatic heterocycles. The fourth-order valence-electron chi connectivity index (χ4n) is 1.82. The number of hydrazine groups is 1. The van der Waals surface area contributed by atoms with Crippen LogP contribution in [0.5, 0.6) is 11.5 Å². The minimum Gasteiger partial charge on any atom is -0.454 e. The van der Waals surface area contributed by atoms with E-state index in [0.29, 0.717) is 5.56 Å². The summed E-state index contributed by atoms with van der Waals surface area (Å²) in [5, 5.41) is 0. The van der Waals surface area contributed by atoms with E-state index in [0.717, 1.165) is 6.07 Å². The smallest absolute Gasteiger partial charge is 0.171 e. The molecule has 0 saturated carbocycles. The van der Waals surface area contributed by atoms with E-state index in [1.54, 1.807) is 6.92 Å². The Morgan fingerprint density at radius 1 is 1.25 bits per heavy atom. The Morgan fingerprint density at radius 2 is 2.00 bits per heavy atom. The van der Waals surface area contributed by atoms with Gasteiger partial charge in [-0.05, 0) is 24.6 Å². The predicted molar refractivity (Wildman–Crippen MR) is 70.2 cm³/mol. The average molecular weight is 282 g/mol. The normalized spacial score (nSPS) is 10.4. The van der Waals surface area contributed by atoms with Crippen molar-refractivity contribution in [1.82, 2.24) is 0 Å². The Morgan fingerprint density at radius 3 is 2.60 bits per heavy atom. The standard InChI is InChI=1S/C14H13F3N2O/c1-8-5-10(6-11(16)14(8)19-18)20-12-4-2-3-9(7-15)13(12)17/h2-6,19H,7,18H2,1H3. The molecule has 2 aromatic rings. The minimum atomic E-state index is -0.938. The van der Waals surface area contributed by atoms with Gasteiger partial charge in [-0.2, -0.15) is 0 Å². The van der Waals surface area contributed by atoms with Crippen molar-refractivity contribution in [3.05, 3.63) is 53.1 Å². The molecule has 2 rings (SSSR count). The summed E-state index contributed by atoms with van der Waals surface area (Å²) in [6.45, 7) is 0.686. The number of hydrogen-bond donors (Lipinski definition) is 2. The zero-order chi connectivity index (χ0) is 14.7. The van der Waals surface area contributed by atoms with Crippen LogP contribution in [0.2, 0.25) is 0 Å². The van der Waals surface area contributed by atoms with Gasteiger partial charge in [0.25, 0.3) is 0 Å². The molecule has 0 bridgehead atoms. The summed E-state index contributed by atoms with van der Waals surface area (Å²) < 4.78 is 45.3. The van der Waals surface area contributed by atoms with Gasteiger partial charge in [-0.15, -0.1) is 0 Å². The molecule has 0 radical (unpaired) electrons. The number of nitrogen functional groups attached to an aromatic ring is 1. The van der Waals surface area contributed by atoms with Gasteiger partial charge in [-0.3, -0.25) is 5.84 Å². The number of hydrogen-bond acceptors (Lipinski definition) is 3. The molecule has 3 N–H and O–H groups in total. The molecule has 0 aliphatic rings. The molecule has 0 saturated heterocycles. The van der Waals surface area contributed by atoms with Crippen LogP contribution in [0.15, 0.2) is 30.3 Å². The zero-order valence-corrected chi connectivity index (χ0v) is 10.7. The molecule has 0 spiro atoms. The molecule has 20 heavy (non-hydrogen) atoms. The number of nitrogens with two attached hydrogens (primary N) is 1. The van der Waals surface area contributed by atoms with Gasteiger partial charge in [0.15, 0.2) is 17.4 Å². The number of rotatable bonds is 4. The molecule has 106 valence electrons. The van der Waals surface area contributed by atoms with Crippen LogP contribution in [0.4, 0.5) is 18.9 Å². The molecular formula is C14H13F3N2O. The highest BCUT2D eigenvalue weighted by molar-refractivity contribution is 5.54. The van der Waals surface area contributed by atoms with E-state index in [-0.39, 0.29) is 22.7 Å². The molecule has 0 fully saturated rings. The summed E-state index contributed by atoms with van der Waals surface area (Å²) in [6.07, 6.45) is 0. The molecule has 0 atom stereocenters. The Labute approximate surface area is 114 Å². The molecule has 2 aromatic carbocycles. The van der Waals surface area contributed by atoms with Crippen molar-refractivity contribution in [2.45, 2.75) is 13.6 Å². The predicted octanol–water partition coefficient (Wildman–Crippen LogP) is 3.82. The van der Waals surface area contributed by atoms with Crippen molar-refractivity contribution < 1.29 is 17.9 Å². The molecule has 3 nitrogen and oxygen atoms in total. The van der Waals surface area contributed by atoms with E-state index in [9.17, 15) is 13.2 Å². The van der Waals surface area contributed by atoms with Gasteiger partial charge in [0, 0.05) is 11.6 Å². The lowest BCUT2D eigenvalue weighted by Crippen LogP contribution is -2.10. The van der Waals surface area contributed by atoms with Crippen LogP contribution in [-0.4, -0.2) is 0 Å². The number of halogens is 3. The third kappa shape index (κ3) is 2.70. The largest absolute Gasteiger partial charge is 0.454 e. The second-order valence-corrected chi connectivity index (χ2v) is 4.21. The summed E-state index contributed by atoms with van der Waals surface area (Å²) in [6, 6.07) is 6.70. The monoisotopic (exact) mass is 282 g/mol. The molecule has 0 aliphatic heterocycles. The first-order valence-corrected chi connectivity index (χ1v) is 5.84. The number of ether oxygens (including phenoxy) is 1. The average Bonchev–Trinajstić information content (AvgIpc) is 2.41.